The minimum Gasteiger partial charge on any atom is -0.373 e. The predicted molar refractivity (Wildman–Crippen MR) is 85.3 cm³/mol. The normalized spacial score (nSPS) is 10.6. The molecule has 2 nitrogen and oxygen atoms in total. The van der Waals surface area contributed by atoms with Crippen LogP contribution in [-0.4, -0.2) is 26.7 Å². The molecule has 0 unspecified atom stereocenters. The largest absolute Gasteiger partial charge is 0.373 e. The molecular formula is C16H22N2S. The molecule has 0 aliphatic carbocycles. The van der Waals surface area contributed by atoms with Crippen LogP contribution in [0.3, 0.4) is 0 Å². The van der Waals surface area contributed by atoms with Gasteiger partial charge in [-0.1, -0.05) is 24.3 Å². The highest BCUT2D eigenvalue weighted by Crippen LogP contribution is 2.16. The molecule has 1 N–H and O–H groups in total. The van der Waals surface area contributed by atoms with Crippen LogP contribution < -0.4 is 10.2 Å². The second-order valence-corrected chi connectivity index (χ2v) is 5.82. The number of aryl methyl sites for hydroxylation is 1. The SMILES string of the molecule is Cc1ccccc1N(C)CCNCCc1cccs1. The number of para-hydroxylation sites is 1. The molecule has 3 heteroatoms. The van der Waals surface area contributed by atoms with E-state index in [0.717, 1.165) is 26.1 Å². The lowest BCUT2D eigenvalue weighted by atomic mass is 10.2. The molecule has 0 bridgehead atoms. The number of benzene rings is 1. The van der Waals surface area contributed by atoms with Crippen LogP contribution in [0.5, 0.6) is 0 Å². The van der Waals surface area contributed by atoms with E-state index in [4.69, 9.17) is 0 Å². The van der Waals surface area contributed by atoms with Crippen LogP contribution in [0.15, 0.2) is 41.8 Å². The lowest BCUT2D eigenvalue weighted by molar-refractivity contribution is 0.678. The highest BCUT2D eigenvalue weighted by Gasteiger charge is 2.02. The Morgan fingerprint density at radius 3 is 2.68 bits per heavy atom. The quantitative estimate of drug-likeness (QED) is 0.779. The average molecular weight is 274 g/mol. The maximum atomic E-state index is 3.51. The van der Waals surface area contributed by atoms with Crippen molar-refractivity contribution in [3.63, 3.8) is 0 Å². The Labute approximate surface area is 120 Å². The summed E-state index contributed by atoms with van der Waals surface area (Å²) in [7, 11) is 2.16. The van der Waals surface area contributed by atoms with Crippen LogP contribution in [0.1, 0.15) is 10.4 Å². The van der Waals surface area contributed by atoms with Crippen molar-refractivity contribution >= 4 is 17.0 Å². The van der Waals surface area contributed by atoms with Gasteiger partial charge in [0.15, 0.2) is 0 Å². The molecule has 1 aromatic heterocycles. The Balaban J connectivity index is 1.67. The molecule has 0 fully saturated rings. The zero-order valence-electron chi connectivity index (χ0n) is 11.7. The fourth-order valence-corrected chi connectivity index (χ4v) is 2.86. The van der Waals surface area contributed by atoms with Crippen LogP contribution in [0.2, 0.25) is 0 Å². The van der Waals surface area contributed by atoms with E-state index in [1.165, 1.54) is 16.1 Å². The molecule has 2 rings (SSSR count). The first-order valence-electron chi connectivity index (χ1n) is 6.77. The molecule has 2 aromatic rings. The number of hydrogen-bond donors (Lipinski definition) is 1. The summed E-state index contributed by atoms with van der Waals surface area (Å²) in [4.78, 5) is 3.77. The third-order valence-corrected chi connectivity index (χ3v) is 4.22. The number of nitrogens with zero attached hydrogens (tertiary/aromatic N) is 1. The van der Waals surface area contributed by atoms with Gasteiger partial charge in [-0.05, 0) is 36.4 Å². The number of rotatable bonds is 7. The van der Waals surface area contributed by atoms with Gasteiger partial charge in [-0.2, -0.15) is 0 Å². The van der Waals surface area contributed by atoms with E-state index < -0.39 is 0 Å². The molecule has 102 valence electrons. The van der Waals surface area contributed by atoms with E-state index in [0.29, 0.717) is 0 Å². The summed E-state index contributed by atoms with van der Waals surface area (Å²) in [5.41, 5.74) is 2.66. The lowest BCUT2D eigenvalue weighted by Gasteiger charge is -2.21. The summed E-state index contributed by atoms with van der Waals surface area (Å²) in [5, 5.41) is 5.65. The van der Waals surface area contributed by atoms with Gasteiger partial charge in [0.2, 0.25) is 0 Å². The Morgan fingerprint density at radius 1 is 1.11 bits per heavy atom. The molecule has 0 aliphatic heterocycles. The summed E-state index contributed by atoms with van der Waals surface area (Å²) >= 11 is 1.84. The van der Waals surface area contributed by atoms with E-state index in [1.54, 1.807) is 0 Å². The number of nitrogens with one attached hydrogen (secondary N) is 1. The zero-order valence-corrected chi connectivity index (χ0v) is 12.5. The number of hydrogen-bond acceptors (Lipinski definition) is 3. The molecule has 0 aliphatic rings. The maximum Gasteiger partial charge on any atom is 0.0393 e. The van der Waals surface area contributed by atoms with Gasteiger partial charge in [0.25, 0.3) is 0 Å². The van der Waals surface area contributed by atoms with Crippen LogP contribution in [-0.2, 0) is 6.42 Å². The smallest absolute Gasteiger partial charge is 0.0393 e. The summed E-state index contributed by atoms with van der Waals surface area (Å²) in [6, 6.07) is 12.9. The van der Waals surface area contributed by atoms with Gasteiger partial charge in [0.05, 0.1) is 0 Å². The molecule has 1 heterocycles. The van der Waals surface area contributed by atoms with E-state index in [2.05, 4.69) is 66.0 Å². The van der Waals surface area contributed by atoms with E-state index >= 15 is 0 Å². The first-order chi connectivity index (χ1) is 9.27. The Morgan fingerprint density at radius 2 is 1.95 bits per heavy atom. The minimum absolute atomic E-state index is 1.02. The topological polar surface area (TPSA) is 15.3 Å². The molecular weight excluding hydrogens is 252 g/mol. The van der Waals surface area contributed by atoms with Crippen LogP contribution in [0.25, 0.3) is 0 Å². The van der Waals surface area contributed by atoms with Crippen molar-refractivity contribution in [1.82, 2.24) is 5.32 Å². The molecule has 0 saturated heterocycles. The third-order valence-electron chi connectivity index (χ3n) is 3.28. The molecule has 0 amide bonds. The van der Waals surface area contributed by atoms with Crippen molar-refractivity contribution in [2.45, 2.75) is 13.3 Å². The molecule has 0 radical (unpaired) electrons. The lowest BCUT2D eigenvalue weighted by Crippen LogP contribution is -2.30. The summed E-state index contributed by atoms with van der Waals surface area (Å²) < 4.78 is 0. The van der Waals surface area contributed by atoms with Crippen molar-refractivity contribution in [3.05, 3.63) is 52.2 Å². The van der Waals surface area contributed by atoms with Crippen LogP contribution in [0.4, 0.5) is 5.69 Å². The highest BCUT2D eigenvalue weighted by atomic mass is 32.1. The molecule has 0 saturated carbocycles. The van der Waals surface area contributed by atoms with Gasteiger partial charge in [0, 0.05) is 37.2 Å². The van der Waals surface area contributed by atoms with Crippen molar-refractivity contribution in [2.24, 2.45) is 0 Å². The fourth-order valence-electron chi connectivity index (χ4n) is 2.15. The highest BCUT2D eigenvalue weighted by molar-refractivity contribution is 7.09. The first kappa shape index (κ1) is 14.1. The maximum absolute atomic E-state index is 3.51. The Bertz CT molecular complexity index is 479. The summed E-state index contributed by atoms with van der Waals surface area (Å²) in [5.74, 6) is 0. The standard InChI is InChI=1S/C16H22N2S/c1-14-6-3-4-8-16(14)18(2)12-11-17-10-9-15-7-5-13-19-15/h3-8,13,17H,9-12H2,1-2H3. The van der Waals surface area contributed by atoms with Crippen LogP contribution >= 0.6 is 11.3 Å². The third kappa shape index (κ3) is 4.37. The Hall–Kier alpha value is -1.32. The van der Waals surface area contributed by atoms with Gasteiger partial charge in [-0.3, -0.25) is 0 Å². The summed E-state index contributed by atoms with van der Waals surface area (Å²) in [6.45, 7) is 5.28. The first-order valence-corrected chi connectivity index (χ1v) is 7.65. The van der Waals surface area contributed by atoms with E-state index in [9.17, 15) is 0 Å². The Kier molecular flexibility index (Phi) is 5.43. The fraction of sp³-hybridized carbons (Fsp3) is 0.375. The van der Waals surface area contributed by atoms with Crippen LogP contribution in [0, 0.1) is 6.92 Å². The van der Waals surface area contributed by atoms with E-state index in [1.807, 2.05) is 11.3 Å². The average Bonchev–Trinajstić information content (AvgIpc) is 2.92. The van der Waals surface area contributed by atoms with Crippen molar-refractivity contribution < 1.29 is 0 Å². The van der Waals surface area contributed by atoms with E-state index in [-0.39, 0.29) is 0 Å². The molecule has 0 spiro atoms. The second kappa shape index (κ2) is 7.31. The van der Waals surface area contributed by atoms with Crippen molar-refractivity contribution in [3.8, 4) is 0 Å². The predicted octanol–water partition coefficient (Wildman–Crippen LogP) is 3.33. The monoisotopic (exact) mass is 274 g/mol. The number of likely N-dealkylation sites (N-methyl/N-ethyl adjacent to an activating group) is 1. The minimum atomic E-state index is 1.02. The van der Waals surface area contributed by atoms with Gasteiger partial charge >= 0.3 is 0 Å². The zero-order chi connectivity index (χ0) is 13.5. The van der Waals surface area contributed by atoms with Gasteiger partial charge in [-0.25, -0.2) is 0 Å². The number of anilines is 1. The van der Waals surface area contributed by atoms with Gasteiger partial charge in [0.1, 0.15) is 0 Å². The summed E-state index contributed by atoms with van der Waals surface area (Å²) in [6.07, 6.45) is 1.13. The molecule has 19 heavy (non-hydrogen) atoms. The van der Waals surface area contributed by atoms with Gasteiger partial charge in [-0.15, -0.1) is 11.3 Å². The molecule has 1 aromatic carbocycles. The molecule has 0 atom stereocenters. The second-order valence-electron chi connectivity index (χ2n) is 4.79. The van der Waals surface area contributed by atoms with Crippen molar-refractivity contribution in [2.75, 3.05) is 31.6 Å². The number of thiophene rings is 1. The van der Waals surface area contributed by atoms with Crippen molar-refractivity contribution in [1.29, 1.82) is 0 Å². The van der Waals surface area contributed by atoms with Gasteiger partial charge < -0.3 is 10.2 Å².